The fourth-order valence-corrected chi connectivity index (χ4v) is 1.97. The van der Waals surface area contributed by atoms with Crippen molar-refractivity contribution in [1.29, 1.82) is 0 Å². The molecule has 1 aromatic heterocycles. The lowest BCUT2D eigenvalue weighted by molar-refractivity contribution is 0.273. The smallest absolute Gasteiger partial charge is 0.232 e. The quantitative estimate of drug-likeness (QED) is 0.712. The normalized spacial score (nSPS) is 11.3. The maximum atomic E-state index is 6.19. The number of nitrogens with one attached hydrogen (secondary N) is 1. The third-order valence-corrected chi connectivity index (χ3v) is 3.00. The summed E-state index contributed by atoms with van der Waals surface area (Å²) in [6, 6.07) is 1.92. The first kappa shape index (κ1) is 17.2. The Labute approximate surface area is 127 Å². The lowest BCUT2D eigenvalue weighted by Crippen LogP contribution is -2.19. The van der Waals surface area contributed by atoms with E-state index in [0.717, 1.165) is 31.6 Å². The van der Waals surface area contributed by atoms with Crippen LogP contribution in [-0.4, -0.2) is 43.7 Å². The molecule has 0 fully saturated rings. The van der Waals surface area contributed by atoms with E-state index < -0.39 is 0 Å². The third kappa shape index (κ3) is 7.08. The van der Waals surface area contributed by atoms with E-state index in [1.54, 1.807) is 0 Å². The lowest BCUT2D eigenvalue weighted by Gasteiger charge is -2.11. The number of aromatic nitrogens is 1. The second-order valence-corrected chi connectivity index (χ2v) is 6.07. The molecule has 20 heavy (non-hydrogen) atoms. The van der Waals surface area contributed by atoms with Crippen molar-refractivity contribution in [3.05, 3.63) is 22.8 Å². The number of hydrogen-bond acceptors (Lipinski definition) is 4. The highest BCUT2D eigenvalue weighted by molar-refractivity contribution is 6.31. The fourth-order valence-electron chi connectivity index (χ4n) is 1.72. The van der Waals surface area contributed by atoms with Gasteiger partial charge in [0.1, 0.15) is 5.02 Å². The molecule has 0 aliphatic rings. The summed E-state index contributed by atoms with van der Waals surface area (Å²) in [4.78, 5) is 6.41. The average Bonchev–Trinajstić information content (AvgIpc) is 2.36. The van der Waals surface area contributed by atoms with Crippen LogP contribution in [0.25, 0.3) is 0 Å². The Morgan fingerprint density at radius 2 is 2.15 bits per heavy atom. The van der Waals surface area contributed by atoms with E-state index in [4.69, 9.17) is 16.3 Å². The second-order valence-electron chi connectivity index (χ2n) is 5.66. The average molecular weight is 300 g/mol. The highest BCUT2D eigenvalue weighted by Crippen LogP contribution is 2.22. The van der Waals surface area contributed by atoms with Crippen molar-refractivity contribution in [1.82, 2.24) is 15.2 Å². The lowest BCUT2D eigenvalue weighted by atomic mass is 10.2. The van der Waals surface area contributed by atoms with E-state index in [2.05, 4.69) is 29.0 Å². The number of pyridine rings is 1. The van der Waals surface area contributed by atoms with Crippen molar-refractivity contribution in [3.8, 4) is 5.88 Å². The first-order chi connectivity index (χ1) is 9.49. The van der Waals surface area contributed by atoms with Gasteiger partial charge in [-0.15, -0.1) is 0 Å². The van der Waals surface area contributed by atoms with Crippen LogP contribution in [-0.2, 0) is 6.54 Å². The SMILES string of the molecule is CC(C)CNCc1cnc(OCCCN(C)C)c(Cl)c1. The van der Waals surface area contributed by atoms with Crippen LogP contribution in [0.3, 0.4) is 0 Å². The number of halogens is 1. The monoisotopic (exact) mass is 299 g/mol. The van der Waals surface area contributed by atoms with Crippen LogP contribution in [0.15, 0.2) is 12.3 Å². The summed E-state index contributed by atoms with van der Waals surface area (Å²) in [6.45, 7) is 7.77. The molecule has 0 radical (unpaired) electrons. The molecule has 0 bridgehead atoms. The maximum absolute atomic E-state index is 6.19. The molecule has 114 valence electrons. The number of ether oxygens (including phenoxy) is 1. The van der Waals surface area contributed by atoms with Crippen molar-refractivity contribution < 1.29 is 4.74 Å². The van der Waals surface area contributed by atoms with E-state index in [0.29, 0.717) is 23.4 Å². The molecule has 4 nitrogen and oxygen atoms in total. The molecule has 0 spiro atoms. The van der Waals surface area contributed by atoms with Gasteiger partial charge in [0.15, 0.2) is 0 Å². The van der Waals surface area contributed by atoms with E-state index >= 15 is 0 Å². The molecule has 5 heteroatoms. The summed E-state index contributed by atoms with van der Waals surface area (Å²) >= 11 is 6.19. The minimum absolute atomic E-state index is 0.526. The molecule has 1 aromatic rings. The van der Waals surface area contributed by atoms with Crippen molar-refractivity contribution in [2.75, 3.05) is 33.8 Å². The van der Waals surface area contributed by atoms with Crippen molar-refractivity contribution in [2.45, 2.75) is 26.8 Å². The van der Waals surface area contributed by atoms with Gasteiger partial charge in [0, 0.05) is 19.3 Å². The van der Waals surface area contributed by atoms with E-state index in [1.165, 1.54) is 0 Å². The standard InChI is InChI=1S/C15H26ClN3O/c1-12(2)9-17-10-13-8-14(16)15(18-11-13)20-7-5-6-19(3)4/h8,11-12,17H,5-7,9-10H2,1-4H3. The van der Waals surface area contributed by atoms with Crippen LogP contribution in [0.2, 0.25) is 5.02 Å². The molecule has 0 aliphatic carbocycles. The largest absolute Gasteiger partial charge is 0.477 e. The van der Waals surface area contributed by atoms with Gasteiger partial charge in [-0.25, -0.2) is 4.98 Å². The van der Waals surface area contributed by atoms with Crippen LogP contribution in [0.5, 0.6) is 5.88 Å². The Morgan fingerprint density at radius 1 is 1.40 bits per heavy atom. The van der Waals surface area contributed by atoms with E-state index in [-0.39, 0.29) is 0 Å². The molecule has 1 rings (SSSR count). The minimum atomic E-state index is 0.526. The Bertz CT molecular complexity index is 397. The van der Waals surface area contributed by atoms with Gasteiger partial charge in [-0.3, -0.25) is 0 Å². The zero-order valence-corrected chi connectivity index (χ0v) is 13.7. The summed E-state index contributed by atoms with van der Waals surface area (Å²) in [5.41, 5.74) is 1.08. The zero-order valence-electron chi connectivity index (χ0n) is 12.9. The van der Waals surface area contributed by atoms with Gasteiger partial charge in [-0.05, 0) is 44.6 Å². The molecule has 0 unspecified atom stereocenters. The van der Waals surface area contributed by atoms with Gasteiger partial charge in [0.2, 0.25) is 5.88 Å². The van der Waals surface area contributed by atoms with Crippen LogP contribution in [0.1, 0.15) is 25.8 Å². The van der Waals surface area contributed by atoms with Crippen LogP contribution in [0, 0.1) is 5.92 Å². The van der Waals surface area contributed by atoms with Gasteiger partial charge in [0.25, 0.3) is 0 Å². The first-order valence-corrected chi connectivity index (χ1v) is 7.49. The minimum Gasteiger partial charge on any atom is -0.477 e. The van der Waals surface area contributed by atoms with Gasteiger partial charge in [0.05, 0.1) is 6.61 Å². The molecule has 0 atom stereocenters. The molecule has 0 aromatic carbocycles. The Kier molecular flexibility index (Phi) is 7.88. The molecule has 1 heterocycles. The molecule has 0 aliphatic heterocycles. The molecule has 0 saturated heterocycles. The van der Waals surface area contributed by atoms with Crippen LogP contribution < -0.4 is 10.1 Å². The summed E-state index contributed by atoms with van der Waals surface area (Å²) in [7, 11) is 4.09. The van der Waals surface area contributed by atoms with Crippen molar-refractivity contribution in [2.24, 2.45) is 5.92 Å². The number of rotatable bonds is 9. The van der Waals surface area contributed by atoms with E-state index in [1.807, 2.05) is 26.4 Å². The summed E-state index contributed by atoms with van der Waals surface area (Å²) in [5, 5.41) is 3.95. The maximum Gasteiger partial charge on any atom is 0.232 e. The van der Waals surface area contributed by atoms with Gasteiger partial charge < -0.3 is 15.0 Å². The number of nitrogens with zero attached hydrogens (tertiary/aromatic N) is 2. The van der Waals surface area contributed by atoms with E-state index in [9.17, 15) is 0 Å². The number of hydrogen-bond donors (Lipinski definition) is 1. The Balaban J connectivity index is 2.39. The summed E-state index contributed by atoms with van der Waals surface area (Å²) in [5.74, 6) is 1.16. The molecule has 1 N–H and O–H groups in total. The first-order valence-electron chi connectivity index (χ1n) is 7.11. The fraction of sp³-hybridized carbons (Fsp3) is 0.667. The predicted molar refractivity (Wildman–Crippen MR) is 84.5 cm³/mol. The highest BCUT2D eigenvalue weighted by atomic mass is 35.5. The molecular formula is C15H26ClN3O. The molecular weight excluding hydrogens is 274 g/mol. The highest BCUT2D eigenvalue weighted by Gasteiger charge is 2.05. The van der Waals surface area contributed by atoms with Gasteiger partial charge in [-0.2, -0.15) is 0 Å². The predicted octanol–water partition coefficient (Wildman–Crippen LogP) is 2.81. The van der Waals surface area contributed by atoms with Crippen molar-refractivity contribution >= 4 is 11.6 Å². The molecule has 0 amide bonds. The molecule has 0 saturated carbocycles. The van der Waals surface area contributed by atoms with Crippen molar-refractivity contribution in [3.63, 3.8) is 0 Å². The van der Waals surface area contributed by atoms with Gasteiger partial charge in [-0.1, -0.05) is 25.4 Å². The Morgan fingerprint density at radius 3 is 2.75 bits per heavy atom. The van der Waals surface area contributed by atoms with Crippen LogP contribution in [0.4, 0.5) is 0 Å². The van der Waals surface area contributed by atoms with Crippen LogP contribution >= 0.6 is 11.6 Å². The zero-order chi connectivity index (χ0) is 15.0. The topological polar surface area (TPSA) is 37.4 Å². The second kappa shape index (κ2) is 9.16. The Hall–Kier alpha value is -0.840. The third-order valence-electron chi connectivity index (χ3n) is 2.73. The summed E-state index contributed by atoms with van der Waals surface area (Å²) < 4.78 is 5.59. The summed E-state index contributed by atoms with van der Waals surface area (Å²) in [6.07, 6.45) is 2.78. The van der Waals surface area contributed by atoms with Gasteiger partial charge >= 0.3 is 0 Å².